The van der Waals surface area contributed by atoms with E-state index in [1.807, 2.05) is 26.8 Å². The third-order valence-corrected chi connectivity index (χ3v) is 25.0. The molecule has 3 aliphatic heterocycles. The summed E-state index contributed by atoms with van der Waals surface area (Å²) in [6.45, 7) is 7.28. The second kappa shape index (κ2) is 40.4. The Hall–Kier alpha value is -6.58. The minimum absolute atomic E-state index is 0.0173. The van der Waals surface area contributed by atoms with E-state index in [1.54, 1.807) is 11.8 Å². The molecule has 0 aromatic rings. The van der Waals surface area contributed by atoms with Gasteiger partial charge in [0.25, 0.3) is 0 Å². The average molecular weight is 1530 g/mol. The molecule has 29 heteroatoms. The van der Waals surface area contributed by atoms with Crippen molar-refractivity contribution in [3.63, 3.8) is 0 Å². The Labute approximate surface area is 637 Å². The summed E-state index contributed by atoms with van der Waals surface area (Å²) in [5.74, 6) is -10.9. The molecule has 7 fully saturated rings. The van der Waals surface area contributed by atoms with Gasteiger partial charge in [-0.05, 0) is 139 Å². The molecule has 25 nitrogen and oxygen atoms in total. The Balaban J connectivity index is 1.32. The second-order valence-corrected chi connectivity index (χ2v) is 33.3. The fourth-order valence-corrected chi connectivity index (χ4v) is 17.8. The number of ether oxygens (including phenoxy) is 1. The zero-order chi connectivity index (χ0) is 78.8. The number of nitrogens with one attached hydrogen (secondary N) is 3. The Morgan fingerprint density at radius 3 is 1.79 bits per heavy atom. The molecule has 0 aromatic carbocycles. The summed E-state index contributed by atoms with van der Waals surface area (Å²) in [6.07, 6.45) is 9.83. The molecule has 107 heavy (non-hydrogen) atoms. The Kier molecular flexibility index (Phi) is 33.1. The van der Waals surface area contributed by atoms with Crippen LogP contribution in [0.25, 0.3) is 0 Å². The fraction of sp³-hybridized carbons (Fsp3) is 0.821. The zero-order valence-electron chi connectivity index (χ0n) is 66.0. The Morgan fingerprint density at radius 2 is 1.19 bits per heavy atom. The van der Waals surface area contributed by atoms with Crippen molar-refractivity contribution in [1.29, 1.82) is 0 Å². The molecular weight excluding hydrogens is 1410 g/mol. The van der Waals surface area contributed by atoms with E-state index in [0.29, 0.717) is 84.1 Å². The van der Waals surface area contributed by atoms with Gasteiger partial charge in [-0.1, -0.05) is 110 Å². The van der Waals surface area contributed by atoms with E-state index < -0.39 is 180 Å². The molecule has 4 aliphatic carbocycles. The highest BCUT2D eigenvalue weighted by Gasteiger charge is 2.52. The standard InChI is InChI=1S/C78H126ClF3N12O13/c1-13-51(4)67-74(104)88(7)48-65(97)86(5)49-66(98)90(9)61(45-53-25-17-14-18-26-53)72(102)87(6)47-63(95)83-58(33-30-54-29-32-56(57(79)44-54)78(80,81)82)71(101)91(10)59(34-31-52-35-41-107-42-36-52)70(100)85-77(37-21-22-38-77)76(106)93(12)68(55-27-19-15-20-28-55)75(105)92(11)62(73(103)94-39-23-16-24-40-94)46-64(96)89(8)60(43-50(2)3)69(99)84-67/h31,50-51,53-62,67-68H,13-30,32-49H2,1-12H3,(H,83,95)(H,84,99)(H,85,100)/t51-,54?,56?,57?,58-,59-,60-,61-,62-,67-,68-/m0/s1. The molecule has 4 saturated carbocycles. The summed E-state index contributed by atoms with van der Waals surface area (Å²) >= 11 is 6.47. The smallest absolute Gasteiger partial charge is 0.381 e. The molecule has 7 rings (SSSR count). The van der Waals surface area contributed by atoms with Crippen LogP contribution in [-0.2, 0) is 62.3 Å². The van der Waals surface area contributed by atoms with Gasteiger partial charge in [0.15, 0.2) is 0 Å². The molecule has 0 radical (unpaired) electrons. The third-order valence-electron chi connectivity index (χ3n) is 24.5. The van der Waals surface area contributed by atoms with Gasteiger partial charge in [0.2, 0.25) is 70.9 Å². The molecule has 12 amide bonds. The zero-order valence-corrected chi connectivity index (χ0v) is 66.7. The van der Waals surface area contributed by atoms with Crippen LogP contribution >= 0.6 is 11.6 Å². The number of carbonyl (C=O) groups is 12. The number of piperidine rings is 1. The first-order valence-corrected chi connectivity index (χ1v) is 40.3. The van der Waals surface area contributed by atoms with Crippen LogP contribution in [-0.4, -0.2) is 277 Å². The lowest BCUT2D eigenvalue weighted by Crippen LogP contribution is -2.65. The number of amides is 12. The normalized spacial score (nSPS) is 29.3. The topological polar surface area (TPSA) is 279 Å². The van der Waals surface area contributed by atoms with Gasteiger partial charge in [-0.25, -0.2) is 0 Å². The predicted octanol–water partition coefficient (Wildman–Crippen LogP) is 7.45. The lowest BCUT2D eigenvalue weighted by molar-refractivity contribution is -0.182. The molecule has 7 aliphatic rings. The minimum atomic E-state index is -4.53. The van der Waals surface area contributed by atoms with Crippen LogP contribution in [0.4, 0.5) is 13.2 Å². The van der Waals surface area contributed by atoms with Crippen molar-refractivity contribution in [2.24, 2.45) is 35.5 Å². The van der Waals surface area contributed by atoms with E-state index in [2.05, 4.69) is 16.0 Å². The Morgan fingerprint density at radius 1 is 0.598 bits per heavy atom. The van der Waals surface area contributed by atoms with E-state index in [1.165, 1.54) is 80.9 Å². The van der Waals surface area contributed by atoms with E-state index in [0.717, 1.165) is 78.1 Å². The summed E-state index contributed by atoms with van der Waals surface area (Å²) in [5, 5.41) is 7.69. The summed E-state index contributed by atoms with van der Waals surface area (Å²) < 4.78 is 48.1. The molecule has 3 saturated heterocycles. The van der Waals surface area contributed by atoms with Crippen LogP contribution in [0.5, 0.6) is 0 Å². The van der Waals surface area contributed by atoms with E-state index >= 15 is 33.6 Å². The van der Waals surface area contributed by atoms with Gasteiger partial charge < -0.3 is 64.8 Å². The van der Waals surface area contributed by atoms with Crippen LogP contribution in [0.1, 0.15) is 214 Å². The number of nitrogens with zero attached hydrogens (tertiary/aromatic N) is 9. The van der Waals surface area contributed by atoms with Crippen molar-refractivity contribution < 1.29 is 75.4 Å². The quantitative estimate of drug-likeness (QED) is 0.120. The Bertz CT molecular complexity index is 3110. The summed E-state index contributed by atoms with van der Waals surface area (Å²) in [4.78, 5) is 193. The monoisotopic (exact) mass is 1530 g/mol. The van der Waals surface area contributed by atoms with E-state index in [9.17, 15) is 37.1 Å². The second-order valence-electron chi connectivity index (χ2n) is 32.7. The van der Waals surface area contributed by atoms with Gasteiger partial charge >= 0.3 is 6.18 Å². The number of carbonyl (C=O) groups excluding carboxylic acids is 12. The third kappa shape index (κ3) is 23.5. The number of alkyl halides is 4. The first-order chi connectivity index (χ1) is 50.6. The average Bonchev–Trinajstić information content (AvgIpc) is 1.47. The number of halogens is 4. The van der Waals surface area contributed by atoms with Gasteiger partial charge in [0.1, 0.15) is 47.8 Å². The summed E-state index contributed by atoms with van der Waals surface area (Å²) in [5.41, 5.74) is -0.660. The number of likely N-dealkylation sites (N-methyl/N-ethyl adjacent to an activating group) is 8. The molecule has 604 valence electrons. The summed E-state index contributed by atoms with van der Waals surface area (Å²) in [6, 6.07) is -8.89. The highest BCUT2D eigenvalue weighted by molar-refractivity contribution is 6.21. The lowest BCUT2D eigenvalue weighted by atomic mass is 9.78. The van der Waals surface area contributed by atoms with Crippen molar-refractivity contribution in [1.82, 2.24) is 60.0 Å². The summed E-state index contributed by atoms with van der Waals surface area (Å²) in [7, 11) is 11.5. The molecule has 1 spiro atoms. The number of hydrogen-bond acceptors (Lipinski definition) is 13. The first kappa shape index (κ1) is 87.6. The van der Waals surface area contributed by atoms with Gasteiger partial charge in [0, 0.05) is 74.8 Å². The highest BCUT2D eigenvalue weighted by Crippen LogP contribution is 2.44. The fourth-order valence-electron chi connectivity index (χ4n) is 17.3. The first-order valence-electron chi connectivity index (χ1n) is 39.8. The minimum Gasteiger partial charge on any atom is -0.381 e. The van der Waals surface area contributed by atoms with E-state index in [4.69, 9.17) is 16.3 Å². The van der Waals surface area contributed by atoms with Crippen LogP contribution in [0.3, 0.4) is 0 Å². The van der Waals surface area contributed by atoms with Crippen LogP contribution in [0.2, 0.25) is 0 Å². The van der Waals surface area contributed by atoms with Crippen molar-refractivity contribution >= 4 is 82.5 Å². The van der Waals surface area contributed by atoms with Gasteiger partial charge in [0.05, 0.1) is 45.2 Å². The van der Waals surface area contributed by atoms with Crippen LogP contribution in [0.15, 0.2) is 11.6 Å². The van der Waals surface area contributed by atoms with Gasteiger partial charge in [-0.2, -0.15) is 13.2 Å². The lowest BCUT2D eigenvalue weighted by Gasteiger charge is -2.43. The molecule has 0 aromatic heterocycles. The van der Waals surface area contributed by atoms with E-state index in [-0.39, 0.29) is 76.0 Å². The number of likely N-dealkylation sites (tertiary alicyclic amines) is 1. The molecule has 3 unspecified atom stereocenters. The molecule has 3 N–H and O–H groups in total. The molecule has 11 atom stereocenters. The van der Waals surface area contributed by atoms with Crippen molar-refractivity contribution in [3.05, 3.63) is 11.6 Å². The van der Waals surface area contributed by atoms with Crippen molar-refractivity contribution in [2.45, 2.75) is 273 Å². The maximum atomic E-state index is 16.0. The van der Waals surface area contributed by atoms with Crippen LogP contribution < -0.4 is 16.0 Å². The predicted molar refractivity (Wildman–Crippen MR) is 399 cm³/mol. The highest BCUT2D eigenvalue weighted by atomic mass is 35.5. The molecular formula is C78H126ClF3N12O13. The van der Waals surface area contributed by atoms with Gasteiger partial charge in [-0.15, -0.1) is 11.6 Å². The van der Waals surface area contributed by atoms with Gasteiger partial charge in [-0.3, -0.25) is 57.5 Å². The number of rotatable bonds is 13. The maximum Gasteiger partial charge on any atom is 0.393 e. The van der Waals surface area contributed by atoms with Crippen molar-refractivity contribution in [3.8, 4) is 0 Å². The SMILES string of the molecule is CC[C@H](C)[C@@H]1NC(=O)[C@H](CC(C)C)N(C)C(=O)C[C@@H](C(=O)N2CCCCC2)N(C)C(=O)[C@H](C2CCCCC2)N(C)C(=O)C2(CCCC2)NC(=O)[C@H](CC=C2CCOCC2)N(C)C(=O)[C@H](CCC2CCC(C(F)(F)F)C(Cl)C2)NC(=O)CN(C)C(=O)[C@H](CC2CCCCC2)N(C)C(=O)CN(C)C(=O)CN(C)C1=O. The number of hydrogen-bond donors (Lipinski definition) is 3. The van der Waals surface area contributed by atoms with Crippen LogP contribution in [0, 0.1) is 35.5 Å². The van der Waals surface area contributed by atoms with Crippen molar-refractivity contribution in [2.75, 3.05) is 102 Å². The maximum absolute atomic E-state index is 16.0. The molecule has 0 bridgehead atoms. The largest absolute Gasteiger partial charge is 0.393 e. The molecule has 3 heterocycles.